The van der Waals surface area contributed by atoms with Crippen molar-refractivity contribution in [2.45, 2.75) is 79.6 Å². The Morgan fingerprint density at radius 1 is 1.18 bits per heavy atom. The highest BCUT2D eigenvalue weighted by Crippen LogP contribution is 2.61. The third kappa shape index (κ3) is 2.23. The first-order chi connectivity index (χ1) is 10.3. The van der Waals surface area contributed by atoms with Crippen LogP contribution in [0, 0.1) is 22.7 Å². The van der Waals surface area contributed by atoms with E-state index in [4.69, 9.17) is 0 Å². The maximum Gasteiger partial charge on any atom is 0.135 e. The first-order valence-corrected chi connectivity index (χ1v) is 9.23. The molecule has 3 atom stereocenters. The fourth-order valence-corrected chi connectivity index (χ4v) is 5.74. The largest absolute Gasteiger partial charge is 0.299 e. The zero-order valence-corrected chi connectivity index (χ0v) is 15.1. The van der Waals surface area contributed by atoms with Crippen molar-refractivity contribution < 1.29 is 4.79 Å². The van der Waals surface area contributed by atoms with Crippen LogP contribution in [0.3, 0.4) is 0 Å². The molecule has 0 aromatic heterocycles. The van der Waals surface area contributed by atoms with Gasteiger partial charge in [0.2, 0.25) is 0 Å². The van der Waals surface area contributed by atoms with Crippen LogP contribution >= 0.6 is 0 Å². The zero-order valence-electron chi connectivity index (χ0n) is 15.1. The molecule has 3 aliphatic rings. The van der Waals surface area contributed by atoms with Gasteiger partial charge < -0.3 is 0 Å². The molecule has 0 spiro atoms. The van der Waals surface area contributed by atoms with E-state index in [9.17, 15) is 4.79 Å². The smallest absolute Gasteiger partial charge is 0.135 e. The minimum atomic E-state index is -0.0897. The molecule has 0 bridgehead atoms. The van der Waals surface area contributed by atoms with Crippen molar-refractivity contribution in [1.29, 1.82) is 0 Å². The predicted octanol–water partition coefficient (Wildman–Crippen LogP) is 5.85. The highest BCUT2D eigenvalue weighted by Gasteiger charge is 2.54. The molecule has 3 aliphatic carbocycles. The van der Waals surface area contributed by atoms with Gasteiger partial charge in [0.1, 0.15) is 5.78 Å². The second kappa shape index (κ2) is 5.35. The summed E-state index contributed by atoms with van der Waals surface area (Å²) in [5.74, 6) is 1.65. The Hall–Kier alpha value is -0.850. The Bertz CT molecular complexity index is 550. The first-order valence-electron chi connectivity index (χ1n) is 9.23. The van der Waals surface area contributed by atoms with E-state index in [1.807, 2.05) is 6.92 Å². The van der Waals surface area contributed by atoms with E-state index in [2.05, 4.69) is 33.8 Å². The van der Waals surface area contributed by atoms with Crippen LogP contribution in [-0.2, 0) is 4.79 Å². The van der Waals surface area contributed by atoms with E-state index in [0.29, 0.717) is 17.6 Å². The van der Waals surface area contributed by atoms with Gasteiger partial charge in [0.05, 0.1) is 0 Å². The number of carbonyl (C=O) groups is 1. The van der Waals surface area contributed by atoms with E-state index in [1.54, 1.807) is 16.7 Å². The van der Waals surface area contributed by atoms with Crippen molar-refractivity contribution in [3.05, 3.63) is 22.8 Å². The fraction of sp³-hybridized carbons (Fsp3) is 0.762. The molecule has 1 heteroatoms. The van der Waals surface area contributed by atoms with Gasteiger partial charge in [-0.1, -0.05) is 51.3 Å². The van der Waals surface area contributed by atoms with Crippen LogP contribution in [0.1, 0.15) is 79.6 Å². The summed E-state index contributed by atoms with van der Waals surface area (Å²) in [7, 11) is 0. The summed E-state index contributed by atoms with van der Waals surface area (Å²) >= 11 is 0. The van der Waals surface area contributed by atoms with Crippen molar-refractivity contribution in [2.75, 3.05) is 0 Å². The molecule has 0 aromatic carbocycles. The maximum absolute atomic E-state index is 12.4. The number of ketones is 1. The molecule has 0 amide bonds. The van der Waals surface area contributed by atoms with Gasteiger partial charge in [-0.3, -0.25) is 4.79 Å². The van der Waals surface area contributed by atoms with Crippen LogP contribution in [-0.4, -0.2) is 5.78 Å². The number of fused-ring (bicyclic) bond motifs is 2. The van der Waals surface area contributed by atoms with E-state index >= 15 is 0 Å². The van der Waals surface area contributed by atoms with E-state index in [0.717, 1.165) is 6.42 Å². The van der Waals surface area contributed by atoms with Crippen molar-refractivity contribution in [1.82, 2.24) is 0 Å². The van der Waals surface area contributed by atoms with Gasteiger partial charge in [-0.2, -0.15) is 0 Å². The standard InChI is InChI=1S/C21H32O/c1-14(2)16-7-9-18-17(13-16)8-10-19-20(4,15(3)22)11-6-12-21(18,19)5/h13-14,19H,6-12H2,1-5H3. The predicted molar refractivity (Wildman–Crippen MR) is 92.7 cm³/mol. The van der Waals surface area contributed by atoms with Gasteiger partial charge in [0.25, 0.3) is 0 Å². The summed E-state index contributed by atoms with van der Waals surface area (Å²) in [4.78, 5) is 12.4. The van der Waals surface area contributed by atoms with Crippen molar-refractivity contribution in [2.24, 2.45) is 22.7 Å². The van der Waals surface area contributed by atoms with Crippen molar-refractivity contribution >= 4 is 5.78 Å². The lowest BCUT2D eigenvalue weighted by Gasteiger charge is -2.56. The maximum atomic E-state index is 12.4. The zero-order chi connectivity index (χ0) is 16.1. The van der Waals surface area contributed by atoms with Crippen LogP contribution in [0.2, 0.25) is 0 Å². The van der Waals surface area contributed by atoms with E-state index < -0.39 is 0 Å². The second-order valence-electron chi connectivity index (χ2n) is 8.71. The monoisotopic (exact) mass is 300 g/mol. The van der Waals surface area contributed by atoms with Crippen LogP contribution in [0.5, 0.6) is 0 Å². The number of hydrogen-bond acceptors (Lipinski definition) is 1. The van der Waals surface area contributed by atoms with Crippen molar-refractivity contribution in [3.63, 3.8) is 0 Å². The Labute approximate surface area is 136 Å². The topological polar surface area (TPSA) is 17.1 Å². The average Bonchev–Trinajstić information content (AvgIpc) is 2.46. The van der Waals surface area contributed by atoms with Crippen LogP contribution in [0.25, 0.3) is 0 Å². The minimum Gasteiger partial charge on any atom is -0.299 e. The Balaban J connectivity index is 2.03. The lowest BCUT2D eigenvalue weighted by Crippen LogP contribution is -2.50. The normalized spacial score (nSPS) is 38.5. The molecule has 3 rings (SSSR count). The van der Waals surface area contributed by atoms with Crippen LogP contribution in [0.15, 0.2) is 22.8 Å². The minimum absolute atomic E-state index is 0.0897. The van der Waals surface area contributed by atoms with Gasteiger partial charge in [-0.25, -0.2) is 0 Å². The summed E-state index contributed by atoms with van der Waals surface area (Å²) in [5.41, 5.74) is 5.14. The molecule has 3 unspecified atom stereocenters. The van der Waals surface area contributed by atoms with Gasteiger partial charge in [-0.05, 0) is 68.3 Å². The molecule has 1 saturated carbocycles. The lowest BCUT2D eigenvalue weighted by molar-refractivity contribution is -0.135. The van der Waals surface area contributed by atoms with E-state index in [-0.39, 0.29) is 10.8 Å². The molecule has 122 valence electrons. The lowest BCUT2D eigenvalue weighted by atomic mass is 9.48. The average molecular weight is 300 g/mol. The third-order valence-corrected chi connectivity index (χ3v) is 7.28. The van der Waals surface area contributed by atoms with Gasteiger partial charge in [0.15, 0.2) is 0 Å². The summed E-state index contributed by atoms with van der Waals surface area (Å²) < 4.78 is 0. The number of rotatable bonds is 2. The SMILES string of the molecule is CC(=O)C1(C)CCCC2(C)C3=C(C=C(C(C)C)CC3)CCC12. The molecule has 0 radical (unpaired) electrons. The number of hydrogen-bond donors (Lipinski definition) is 0. The fourth-order valence-electron chi connectivity index (χ4n) is 5.74. The number of allylic oxidation sites excluding steroid dienone is 4. The van der Waals surface area contributed by atoms with E-state index in [1.165, 1.54) is 38.5 Å². The molecule has 0 heterocycles. The Morgan fingerprint density at radius 2 is 1.91 bits per heavy atom. The van der Waals surface area contributed by atoms with Crippen molar-refractivity contribution in [3.8, 4) is 0 Å². The Morgan fingerprint density at radius 3 is 2.55 bits per heavy atom. The van der Waals surface area contributed by atoms with Crippen LogP contribution in [0.4, 0.5) is 0 Å². The van der Waals surface area contributed by atoms with Gasteiger partial charge in [0, 0.05) is 5.41 Å². The molecule has 0 N–H and O–H groups in total. The summed E-state index contributed by atoms with van der Waals surface area (Å²) in [5, 5.41) is 0. The third-order valence-electron chi connectivity index (χ3n) is 7.28. The highest BCUT2D eigenvalue weighted by atomic mass is 16.1. The molecule has 0 aromatic rings. The van der Waals surface area contributed by atoms with Gasteiger partial charge >= 0.3 is 0 Å². The number of carbonyl (C=O) groups excluding carboxylic acids is 1. The summed E-state index contributed by atoms with van der Waals surface area (Å²) in [6.07, 6.45) is 11.0. The van der Waals surface area contributed by atoms with Crippen LogP contribution < -0.4 is 0 Å². The molecule has 1 nitrogen and oxygen atoms in total. The Kier molecular flexibility index (Phi) is 3.90. The summed E-state index contributed by atoms with van der Waals surface area (Å²) in [6.45, 7) is 11.2. The van der Waals surface area contributed by atoms with Gasteiger partial charge in [-0.15, -0.1) is 0 Å². The highest BCUT2D eigenvalue weighted by molar-refractivity contribution is 5.82. The molecule has 0 aliphatic heterocycles. The molecular weight excluding hydrogens is 268 g/mol. The molecular formula is C21H32O. The second-order valence-corrected chi connectivity index (χ2v) is 8.71. The molecule has 0 saturated heterocycles. The number of Topliss-reactive ketones (excluding diaryl/α,β-unsaturated/α-hetero) is 1. The molecule has 1 fully saturated rings. The first kappa shape index (κ1) is 16.0. The molecule has 22 heavy (non-hydrogen) atoms. The summed E-state index contributed by atoms with van der Waals surface area (Å²) in [6, 6.07) is 0. The quantitative estimate of drug-likeness (QED) is 0.624.